The van der Waals surface area contributed by atoms with Crippen LogP contribution in [0.2, 0.25) is 0 Å². The van der Waals surface area contributed by atoms with Crippen LogP contribution in [0.15, 0.2) is 15.7 Å². The van der Waals surface area contributed by atoms with Crippen molar-refractivity contribution in [2.45, 2.75) is 62.6 Å². The molecule has 4 heterocycles. The molecule has 0 saturated carbocycles. The number of hydrogen-bond donors (Lipinski definition) is 1. The standard InChI is InChI=1S/C18H26N6O3S/c1-12-10-15(22-27-12)19-16(25)13(2)28-18-21-20-17(23-7-3-4-8-23)24(18)11-14-6-5-9-26-14/h10,13-14H,3-9,11H2,1-2H3,(H,19,22,25)/t13-,14+/m0/s1. The number of aromatic nitrogens is 4. The molecule has 2 aromatic heterocycles. The van der Waals surface area contributed by atoms with Crippen LogP contribution in [0.1, 0.15) is 38.4 Å². The van der Waals surface area contributed by atoms with Gasteiger partial charge in [0, 0.05) is 25.8 Å². The Morgan fingerprint density at radius 1 is 1.36 bits per heavy atom. The maximum absolute atomic E-state index is 12.5. The van der Waals surface area contributed by atoms with Crippen LogP contribution in [-0.4, -0.2) is 56.9 Å². The highest BCUT2D eigenvalue weighted by molar-refractivity contribution is 8.00. The average Bonchev–Trinajstić information content (AvgIpc) is 3.45. The number of carbonyl (C=O) groups is 1. The SMILES string of the molecule is Cc1cc(NC(=O)[C@H](C)Sc2nnc(N3CCCC3)n2C[C@H]2CCCO2)no1. The van der Waals surface area contributed by atoms with Gasteiger partial charge in [-0.2, -0.15) is 0 Å². The molecule has 2 aliphatic heterocycles. The molecule has 9 nitrogen and oxygen atoms in total. The summed E-state index contributed by atoms with van der Waals surface area (Å²) in [4.78, 5) is 14.8. The highest BCUT2D eigenvalue weighted by Crippen LogP contribution is 2.29. The van der Waals surface area contributed by atoms with E-state index in [1.807, 2.05) is 6.92 Å². The minimum Gasteiger partial charge on any atom is -0.376 e. The van der Waals surface area contributed by atoms with Crippen LogP contribution >= 0.6 is 11.8 Å². The third-order valence-corrected chi connectivity index (χ3v) is 6.11. The second kappa shape index (κ2) is 8.52. The molecule has 4 rings (SSSR count). The van der Waals surface area contributed by atoms with Crippen molar-refractivity contribution in [3.05, 3.63) is 11.8 Å². The second-order valence-corrected chi connectivity index (χ2v) is 8.60. The molecule has 152 valence electrons. The van der Waals surface area contributed by atoms with Gasteiger partial charge in [-0.05, 0) is 39.5 Å². The molecular formula is C18H26N6O3S. The summed E-state index contributed by atoms with van der Waals surface area (Å²) in [6.07, 6.45) is 4.66. The summed E-state index contributed by atoms with van der Waals surface area (Å²) >= 11 is 1.40. The molecule has 1 N–H and O–H groups in total. The van der Waals surface area contributed by atoms with Crippen molar-refractivity contribution in [2.24, 2.45) is 0 Å². The van der Waals surface area contributed by atoms with Crippen LogP contribution in [0.5, 0.6) is 0 Å². The van der Waals surface area contributed by atoms with Gasteiger partial charge in [-0.1, -0.05) is 16.9 Å². The van der Waals surface area contributed by atoms with Crippen LogP contribution in [0.4, 0.5) is 11.8 Å². The average molecular weight is 407 g/mol. The van der Waals surface area contributed by atoms with Crippen molar-refractivity contribution in [1.82, 2.24) is 19.9 Å². The number of rotatable bonds is 7. The summed E-state index contributed by atoms with van der Waals surface area (Å²) < 4.78 is 13.0. The molecule has 1 amide bonds. The lowest BCUT2D eigenvalue weighted by Gasteiger charge is -2.21. The Labute approximate surface area is 168 Å². The van der Waals surface area contributed by atoms with Gasteiger partial charge < -0.3 is 19.5 Å². The fourth-order valence-electron chi connectivity index (χ4n) is 3.54. The number of amides is 1. The Morgan fingerprint density at radius 2 is 2.18 bits per heavy atom. The topological polar surface area (TPSA) is 98.3 Å². The first kappa shape index (κ1) is 19.3. The minimum atomic E-state index is -0.351. The van der Waals surface area contributed by atoms with Crippen LogP contribution in [0.3, 0.4) is 0 Å². The predicted molar refractivity (Wildman–Crippen MR) is 106 cm³/mol. The Morgan fingerprint density at radius 3 is 2.86 bits per heavy atom. The van der Waals surface area contributed by atoms with Gasteiger partial charge in [0.25, 0.3) is 0 Å². The zero-order chi connectivity index (χ0) is 19.5. The summed E-state index contributed by atoms with van der Waals surface area (Å²) in [5.74, 6) is 1.82. The Kier molecular flexibility index (Phi) is 5.86. The van der Waals surface area contributed by atoms with Crippen LogP contribution < -0.4 is 10.2 Å². The van der Waals surface area contributed by atoms with Crippen LogP contribution in [0, 0.1) is 6.92 Å². The quantitative estimate of drug-likeness (QED) is 0.700. The molecule has 2 aromatic rings. The molecule has 0 radical (unpaired) electrons. The lowest BCUT2D eigenvalue weighted by atomic mass is 10.2. The Balaban J connectivity index is 1.48. The molecule has 2 atom stereocenters. The van der Waals surface area contributed by atoms with Gasteiger partial charge in [0.1, 0.15) is 5.76 Å². The zero-order valence-corrected chi connectivity index (χ0v) is 17.1. The third kappa shape index (κ3) is 4.33. The molecule has 0 aromatic carbocycles. The van der Waals surface area contributed by atoms with E-state index in [1.54, 1.807) is 13.0 Å². The minimum absolute atomic E-state index is 0.146. The van der Waals surface area contributed by atoms with Crippen molar-refractivity contribution in [3.63, 3.8) is 0 Å². The highest BCUT2D eigenvalue weighted by atomic mass is 32.2. The maximum Gasteiger partial charge on any atom is 0.238 e. The molecule has 2 fully saturated rings. The molecule has 0 bridgehead atoms. The van der Waals surface area contributed by atoms with Gasteiger partial charge in [0.15, 0.2) is 11.0 Å². The smallest absolute Gasteiger partial charge is 0.238 e. The van der Waals surface area contributed by atoms with Crippen molar-refractivity contribution in [1.29, 1.82) is 0 Å². The fraction of sp³-hybridized carbons (Fsp3) is 0.667. The molecule has 2 aliphatic rings. The van der Waals surface area contributed by atoms with Crippen LogP contribution in [-0.2, 0) is 16.1 Å². The van der Waals surface area contributed by atoms with Gasteiger partial charge in [-0.3, -0.25) is 9.36 Å². The maximum atomic E-state index is 12.5. The Bertz CT molecular complexity index is 810. The molecule has 0 spiro atoms. The number of carbonyl (C=O) groups excluding carboxylic acids is 1. The van der Waals surface area contributed by atoms with E-state index in [-0.39, 0.29) is 17.3 Å². The number of thioether (sulfide) groups is 1. The summed E-state index contributed by atoms with van der Waals surface area (Å²) in [7, 11) is 0. The number of ether oxygens (including phenoxy) is 1. The highest BCUT2D eigenvalue weighted by Gasteiger charge is 2.27. The number of aryl methyl sites for hydroxylation is 1. The first-order valence-corrected chi connectivity index (χ1v) is 10.7. The molecule has 28 heavy (non-hydrogen) atoms. The molecule has 0 aliphatic carbocycles. The third-order valence-electron chi connectivity index (χ3n) is 5.03. The van der Waals surface area contributed by atoms with Crippen molar-refractivity contribution < 1.29 is 14.1 Å². The Hall–Kier alpha value is -2.07. The zero-order valence-electron chi connectivity index (χ0n) is 16.3. The van der Waals surface area contributed by atoms with E-state index in [9.17, 15) is 4.79 Å². The number of anilines is 2. The van der Waals surface area contributed by atoms with Gasteiger partial charge in [0.05, 0.1) is 17.9 Å². The summed E-state index contributed by atoms with van der Waals surface area (Å²) in [5, 5.41) is 15.8. The van der Waals surface area contributed by atoms with E-state index < -0.39 is 0 Å². The monoisotopic (exact) mass is 406 g/mol. The lowest BCUT2D eigenvalue weighted by molar-refractivity contribution is -0.115. The summed E-state index contributed by atoms with van der Waals surface area (Å²) in [6.45, 7) is 7.16. The molecule has 10 heteroatoms. The van der Waals surface area contributed by atoms with Gasteiger partial charge >= 0.3 is 0 Å². The van der Waals surface area contributed by atoms with Crippen LogP contribution in [0.25, 0.3) is 0 Å². The largest absolute Gasteiger partial charge is 0.376 e. The first-order chi connectivity index (χ1) is 13.6. The number of hydrogen-bond acceptors (Lipinski definition) is 8. The first-order valence-electron chi connectivity index (χ1n) is 9.81. The predicted octanol–water partition coefficient (Wildman–Crippen LogP) is 2.47. The lowest BCUT2D eigenvalue weighted by Crippen LogP contribution is -2.26. The second-order valence-electron chi connectivity index (χ2n) is 7.29. The summed E-state index contributed by atoms with van der Waals surface area (Å²) in [6, 6.07) is 1.70. The van der Waals surface area contributed by atoms with E-state index in [1.165, 1.54) is 24.6 Å². The summed E-state index contributed by atoms with van der Waals surface area (Å²) in [5.41, 5.74) is 0. The van der Waals surface area contributed by atoms with Crippen molar-refractivity contribution in [2.75, 3.05) is 29.9 Å². The van der Waals surface area contributed by atoms with Crippen molar-refractivity contribution >= 4 is 29.4 Å². The van der Waals surface area contributed by atoms with E-state index in [2.05, 4.69) is 30.1 Å². The van der Waals surface area contributed by atoms with E-state index in [4.69, 9.17) is 9.26 Å². The normalized spacial score (nSPS) is 20.6. The number of nitrogens with one attached hydrogen (secondary N) is 1. The van der Waals surface area contributed by atoms with Crippen molar-refractivity contribution in [3.8, 4) is 0 Å². The van der Waals surface area contributed by atoms with Gasteiger partial charge in [-0.25, -0.2) is 0 Å². The van der Waals surface area contributed by atoms with E-state index in [0.717, 1.165) is 50.2 Å². The van der Waals surface area contributed by atoms with Gasteiger partial charge in [0.2, 0.25) is 11.9 Å². The molecular weight excluding hydrogens is 380 g/mol. The van der Waals surface area contributed by atoms with E-state index in [0.29, 0.717) is 11.6 Å². The molecule has 2 saturated heterocycles. The van der Waals surface area contributed by atoms with E-state index >= 15 is 0 Å². The number of nitrogens with zero attached hydrogens (tertiary/aromatic N) is 5. The molecule has 0 unspecified atom stereocenters. The fourth-order valence-corrected chi connectivity index (χ4v) is 4.39. The van der Waals surface area contributed by atoms with Gasteiger partial charge in [-0.15, -0.1) is 10.2 Å².